The van der Waals surface area contributed by atoms with E-state index >= 15 is 0 Å². The van der Waals surface area contributed by atoms with Gasteiger partial charge in [0.25, 0.3) is 0 Å². The molecule has 1 atom stereocenters. The lowest BCUT2D eigenvalue weighted by Gasteiger charge is -2.29. The molecule has 0 aromatic heterocycles. The third-order valence-electron chi connectivity index (χ3n) is 5.43. The van der Waals surface area contributed by atoms with Crippen LogP contribution in [0.4, 0.5) is 11.4 Å². The molecular formula is C24H20N2O4. The second-order valence-electron chi connectivity index (χ2n) is 7.32. The Balaban J connectivity index is 1.69. The van der Waals surface area contributed by atoms with Crippen LogP contribution in [0.1, 0.15) is 38.3 Å². The minimum absolute atomic E-state index is 0.182. The number of aliphatic imine (C=N–C) groups is 1. The van der Waals surface area contributed by atoms with Crippen LogP contribution in [0, 0.1) is 0 Å². The predicted octanol–water partition coefficient (Wildman–Crippen LogP) is 3.87. The summed E-state index contributed by atoms with van der Waals surface area (Å²) in [5.74, 6) is 0.106. The van der Waals surface area contributed by atoms with Gasteiger partial charge >= 0.3 is 0 Å². The van der Waals surface area contributed by atoms with Crippen molar-refractivity contribution in [2.24, 2.45) is 4.99 Å². The van der Waals surface area contributed by atoms with Crippen molar-refractivity contribution >= 4 is 28.7 Å². The SMILES string of the molecule is COCCCNc1cc2c(c3c1C(=O)c1ccccc1C3=O)N=C1C=CC=CC1O2. The molecule has 0 amide bonds. The van der Waals surface area contributed by atoms with Gasteiger partial charge in [0.15, 0.2) is 17.7 Å². The Morgan fingerprint density at radius 1 is 1.10 bits per heavy atom. The summed E-state index contributed by atoms with van der Waals surface area (Å²) in [6, 6.07) is 8.70. The molecule has 1 N–H and O–H groups in total. The van der Waals surface area contributed by atoms with Gasteiger partial charge in [0.05, 0.1) is 16.8 Å². The van der Waals surface area contributed by atoms with Gasteiger partial charge in [0, 0.05) is 43.1 Å². The highest BCUT2D eigenvalue weighted by atomic mass is 16.5. The van der Waals surface area contributed by atoms with E-state index in [4.69, 9.17) is 14.5 Å². The van der Waals surface area contributed by atoms with Crippen LogP contribution >= 0.6 is 0 Å². The molecule has 0 saturated carbocycles. The van der Waals surface area contributed by atoms with Crippen LogP contribution in [-0.4, -0.2) is 43.6 Å². The molecule has 1 heterocycles. The van der Waals surface area contributed by atoms with Gasteiger partial charge in [0.1, 0.15) is 11.4 Å². The standard InChI is InChI=1S/C24H20N2O4/c1-29-12-6-11-25-17-13-19-22(26-16-9-4-5-10-18(16)30-19)21-20(17)23(27)14-7-2-3-8-15(14)24(21)28/h2-5,7-10,13,18,25H,6,11-12H2,1H3. The number of carbonyl (C=O) groups is 2. The number of fused-ring (bicyclic) bond motifs is 5. The minimum atomic E-state index is -0.302. The fraction of sp³-hybridized carbons (Fsp3) is 0.208. The number of anilines is 1. The van der Waals surface area contributed by atoms with Crippen LogP contribution in [0.15, 0.2) is 59.6 Å². The summed E-state index contributed by atoms with van der Waals surface area (Å²) >= 11 is 0. The van der Waals surface area contributed by atoms with Crippen molar-refractivity contribution < 1.29 is 19.1 Å². The topological polar surface area (TPSA) is 77.0 Å². The zero-order valence-electron chi connectivity index (χ0n) is 16.5. The van der Waals surface area contributed by atoms with Crippen LogP contribution in [0.2, 0.25) is 0 Å². The summed E-state index contributed by atoms with van der Waals surface area (Å²) in [6.07, 6.45) is 8.02. The number of rotatable bonds is 5. The number of allylic oxidation sites excluding steroid dienone is 2. The van der Waals surface area contributed by atoms with Crippen molar-refractivity contribution in [3.8, 4) is 5.75 Å². The molecule has 0 fully saturated rings. The Hall–Kier alpha value is -3.51. The van der Waals surface area contributed by atoms with Crippen molar-refractivity contribution in [1.82, 2.24) is 0 Å². The summed E-state index contributed by atoms with van der Waals surface area (Å²) in [7, 11) is 1.65. The molecule has 0 radical (unpaired) electrons. The fourth-order valence-electron chi connectivity index (χ4n) is 4.01. The summed E-state index contributed by atoms with van der Waals surface area (Å²) in [5, 5.41) is 3.30. The van der Waals surface area contributed by atoms with E-state index in [0.29, 0.717) is 58.2 Å². The smallest absolute Gasteiger partial charge is 0.196 e. The Morgan fingerprint density at radius 2 is 1.87 bits per heavy atom. The van der Waals surface area contributed by atoms with Gasteiger partial charge in [-0.2, -0.15) is 0 Å². The third-order valence-corrected chi connectivity index (χ3v) is 5.43. The Bertz CT molecular complexity index is 1160. The molecule has 1 unspecified atom stereocenters. The average molecular weight is 400 g/mol. The van der Waals surface area contributed by atoms with Crippen molar-refractivity contribution in [1.29, 1.82) is 0 Å². The Morgan fingerprint density at radius 3 is 2.63 bits per heavy atom. The molecule has 1 aliphatic heterocycles. The third kappa shape index (κ3) is 2.88. The van der Waals surface area contributed by atoms with E-state index in [1.165, 1.54) is 0 Å². The fourth-order valence-corrected chi connectivity index (χ4v) is 4.01. The van der Waals surface area contributed by atoms with Crippen molar-refractivity contribution in [2.45, 2.75) is 12.5 Å². The Labute approximate surface area is 173 Å². The predicted molar refractivity (Wildman–Crippen MR) is 115 cm³/mol. The van der Waals surface area contributed by atoms with Gasteiger partial charge in [-0.05, 0) is 18.6 Å². The normalized spacial score (nSPS) is 18.0. The zero-order chi connectivity index (χ0) is 20.7. The largest absolute Gasteiger partial charge is 0.478 e. The molecule has 0 bridgehead atoms. The minimum Gasteiger partial charge on any atom is -0.478 e. The number of methoxy groups -OCH3 is 1. The molecule has 6 heteroatoms. The van der Waals surface area contributed by atoms with Crippen LogP contribution < -0.4 is 10.1 Å². The molecular weight excluding hydrogens is 380 g/mol. The molecule has 30 heavy (non-hydrogen) atoms. The molecule has 2 aromatic rings. The maximum atomic E-state index is 13.5. The molecule has 0 spiro atoms. The van der Waals surface area contributed by atoms with Crippen molar-refractivity contribution in [3.05, 3.63) is 76.9 Å². The molecule has 3 aliphatic rings. The van der Waals surface area contributed by atoms with E-state index < -0.39 is 0 Å². The lowest BCUT2D eigenvalue weighted by Crippen LogP contribution is -2.30. The maximum absolute atomic E-state index is 13.5. The second kappa shape index (κ2) is 7.39. The molecule has 0 saturated heterocycles. The van der Waals surface area contributed by atoms with Gasteiger partial charge < -0.3 is 14.8 Å². The number of hydrogen-bond donors (Lipinski definition) is 1. The lowest BCUT2D eigenvalue weighted by molar-refractivity contribution is 0.0979. The van der Waals surface area contributed by atoms with E-state index in [9.17, 15) is 9.59 Å². The molecule has 150 valence electrons. The van der Waals surface area contributed by atoms with Crippen molar-refractivity contribution in [3.63, 3.8) is 0 Å². The van der Waals surface area contributed by atoms with E-state index in [1.807, 2.05) is 24.3 Å². The molecule has 2 aliphatic carbocycles. The molecule has 2 aromatic carbocycles. The van der Waals surface area contributed by atoms with Gasteiger partial charge in [-0.15, -0.1) is 0 Å². The number of benzene rings is 2. The number of carbonyl (C=O) groups excluding carboxylic acids is 2. The number of ketones is 2. The highest BCUT2D eigenvalue weighted by molar-refractivity contribution is 6.32. The molecule has 6 nitrogen and oxygen atoms in total. The van der Waals surface area contributed by atoms with E-state index in [0.717, 1.165) is 6.42 Å². The number of nitrogens with zero attached hydrogens (tertiary/aromatic N) is 1. The van der Waals surface area contributed by atoms with Crippen LogP contribution in [0.5, 0.6) is 5.75 Å². The number of ether oxygens (including phenoxy) is 2. The summed E-state index contributed by atoms with van der Waals surface area (Å²) in [4.78, 5) is 31.6. The van der Waals surface area contributed by atoms with E-state index in [1.54, 1.807) is 37.4 Å². The zero-order valence-corrected chi connectivity index (χ0v) is 16.5. The van der Waals surface area contributed by atoms with E-state index in [-0.39, 0.29) is 17.7 Å². The van der Waals surface area contributed by atoms with Gasteiger partial charge in [0.2, 0.25) is 0 Å². The monoisotopic (exact) mass is 400 g/mol. The maximum Gasteiger partial charge on any atom is 0.196 e. The highest BCUT2D eigenvalue weighted by Crippen LogP contribution is 2.46. The quantitative estimate of drug-likeness (QED) is 0.658. The number of hydrogen-bond acceptors (Lipinski definition) is 6. The van der Waals surface area contributed by atoms with Gasteiger partial charge in [-0.3, -0.25) is 9.59 Å². The lowest BCUT2D eigenvalue weighted by atomic mass is 9.81. The van der Waals surface area contributed by atoms with E-state index in [2.05, 4.69) is 5.32 Å². The average Bonchev–Trinajstić information content (AvgIpc) is 2.78. The first kappa shape index (κ1) is 18.5. The van der Waals surface area contributed by atoms with Crippen LogP contribution in [-0.2, 0) is 4.74 Å². The van der Waals surface area contributed by atoms with Crippen molar-refractivity contribution in [2.75, 3.05) is 25.6 Å². The van der Waals surface area contributed by atoms with Gasteiger partial charge in [-0.25, -0.2) is 4.99 Å². The number of nitrogens with one attached hydrogen (secondary N) is 1. The first-order chi connectivity index (χ1) is 14.7. The van der Waals surface area contributed by atoms with Crippen LogP contribution in [0.25, 0.3) is 0 Å². The molecule has 5 rings (SSSR count). The summed E-state index contributed by atoms with van der Waals surface area (Å²) in [6.45, 7) is 1.20. The first-order valence-electron chi connectivity index (χ1n) is 9.91. The second-order valence-corrected chi connectivity index (χ2v) is 7.32. The summed E-state index contributed by atoms with van der Waals surface area (Å²) in [5.41, 5.74) is 3.20. The van der Waals surface area contributed by atoms with Gasteiger partial charge in [-0.1, -0.05) is 36.4 Å². The highest BCUT2D eigenvalue weighted by Gasteiger charge is 2.37. The first-order valence-corrected chi connectivity index (χ1v) is 9.91. The Kier molecular flexibility index (Phi) is 4.56. The van der Waals surface area contributed by atoms with Crippen LogP contribution in [0.3, 0.4) is 0 Å². The summed E-state index contributed by atoms with van der Waals surface area (Å²) < 4.78 is 11.3.